The molecule has 128 valence electrons. The fourth-order valence-corrected chi connectivity index (χ4v) is 2.93. The number of hydrogen-bond acceptors (Lipinski definition) is 4. The minimum absolute atomic E-state index is 0.0587. The maximum Gasteiger partial charge on any atom is 0.323 e. The second-order valence-electron chi connectivity index (χ2n) is 5.77. The molecule has 0 bridgehead atoms. The van der Waals surface area contributed by atoms with Gasteiger partial charge in [-0.25, -0.2) is 8.42 Å². The van der Waals surface area contributed by atoms with Gasteiger partial charge < -0.3 is 10.0 Å². The highest BCUT2D eigenvalue weighted by Gasteiger charge is 2.26. The Kier molecular flexibility index (Phi) is 5.93. The van der Waals surface area contributed by atoms with Gasteiger partial charge in [-0.1, -0.05) is 6.92 Å². The molecule has 0 spiro atoms. The Morgan fingerprint density at radius 1 is 1.26 bits per heavy atom. The molecule has 1 amide bonds. The van der Waals surface area contributed by atoms with Crippen LogP contribution in [0, 0.1) is 13.8 Å². The maximum atomic E-state index is 12.8. The number of sulfone groups is 1. The maximum absolute atomic E-state index is 12.8. The van der Waals surface area contributed by atoms with Crippen LogP contribution in [0.15, 0.2) is 17.0 Å². The van der Waals surface area contributed by atoms with E-state index < -0.39 is 28.3 Å². The molecular weight excluding hydrogens is 318 g/mol. The van der Waals surface area contributed by atoms with E-state index in [-0.39, 0.29) is 16.5 Å². The molecule has 1 aromatic rings. The van der Waals surface area contributed by atoms with E-state index in [1.54, 1.807) is 20.8 Å². The predicted octanol–water partition coefficient (Wildman–Crippen LogP) is 2.03. The van der Waals surface area contributed by atoms with Gasteiger partial charge in [0.25, 0.3) is 5.91 Å². The second-order valence-corrected chi connectivity index (χ2v) is 7.78. The quantitative estimate of drug-likeness (QED) is 0.855. The average Bonchev–Trinajstić information content (AvgIpc) is 2.44. The van der Waals surface area contributed by atoms with Gasteiger partial charge in [-0.3, -0.25) is 9.59 Å². The first-order valence-corrected chi connectivity index (χ1v) is 9.22. The molecule has 0 fully saturated rings. The van der Waals surface area contributed by atoms with Gasteiger partial charge in [-0.2, -0.15) is 0 Å². The Balaban J connectivity index is 3.44. The first-order valence-electron chi connectivity index (χ1n) is 7.33. The standard InChI is InChI=1S/C16H23NO5S/c1-6-11(3)17(9-15(18)19)16(20)14-8-13(23(5,21)22)7-10(2)12(14)4/h7-8,11H,6,9H2,1-5H3,(H,18,19). The van der Waals surface area contributed by atoms with Crippen molar-refractivity contribution in [2.45, 2.75) is 45.1 Å². The fraction of sp³-hybridized carbons (Fsp3) is 0.500. The van der Waals surface area contributed by atoms with Gasteiger partial charge in [0.2, 0.25) is 0 Å². The highest BCUT2D eigenvalue weighted by Crippen LogP contribution is 2.22. The number of benzene rings is 1. The summed E-state index contributed by atoms with van der Waals surface area (Å²) in [5.74, 6) is -1.57. The molecule has 0 saturated heterocycles. The molecule has 0 aliphatic rings. The Morgan fingerprint density at radius 2 is 1.83 bits per heavy atom. The smallest absolute Gasteiger partial charge is 0.323 e. The number of carbonyl (C=O) groups excluding carboxylic acids is 1. The van der Waals surface area contributed by atoms with E-state index in [1.807, 2.05) is 6.92 Å². The van der Waals surface area contributed by atoms with Gasteiger partial charge in [0.1, 0.15) is 6.54 Å². The zero-order chi connectivity index (χ0) is 17.9. The highest BCUT2D eigenvalue weighted by atomic mass is 32.2. The molecule has 6 nitrogen and oxygen atoms in total. The van der Waals surface area contributed by atoms with Crippen molar-refractivity contribution in [3.8, 4) is 0 Å². The summed E-state index contributed by atoms with van der Waals surface area (Å²) in [6, 6.07) is 2.59. The lowest BCUT2D eigenvalue weighted by Gasteiger charge is -2.28. The van der Waals surface area contributed by atoms with Crippen molar-refractivity contribution in [3.05, 3.63) is 28.8 Å². The number of hydrogen-bond donors (Lipinski definition) is 1. The molecular formula is C16H23NO5S. The number of carboxylic acid groups (broad SMARTS) is 1. The number of nitrogens with zero attached hydrogens (tertiary/aromatic N) is 1. The van der Waals surface area contributed by atoms with Crippen molar-refractivity contribution in [1.29, 1.82) is 0 Å². The van der Waals surface area contributed by atoms with Crippen molar-refractivity contribution in [2.24, 2.45) is 0 Å². The van der Waals surface area contributed by atoms with E-state index in [1.165, 1.54) is 17.0 Å². The Hall–Kier alpha value is -1.89. The summed E-state index contributed by atoms with van der Waals surface area (Å²) in [7, 11) is -3.46. The van der Waals surface area contributed by atoms with Crippen molar-refractivity contribution in [3.63, 3.8) is 0 Å². The number of rotatable bonds is 6. The molecule has 0 saturated carbocycles. The lowest BCUT2D eigenvalue weighted by molar-refractivity contribution is -0.138. The largest absolute Gasteiger partial charge is 0.480 e. The summed E-state index contributed by atoms with van der Waals surface area (Å²) in [6.45, 7) is 6.66. The van der Waals surface area contributed by atoms with E-state index in [2.05, 4.69) is 0 Å². The topological polar surface area (TPSA) is 91.8 Å². The van der Waals surface area contributed by atoms with Gasteiger partial charge in [-0.05, 0) is 50.5 Å². The third-order valence-electron chi connectivity index (χ3n) is 3.99. The highest BCUT2D eigenvalue weighted by molar-refractivity contribution is 7.90. The summed E-state index contributed by atoms with van der Waals surface area (Å²) in [6.07, 6.45) is 1.68. The van der Waals surface area contributed by atoms with Crippen LogP contribution in [0.1, 0.15) is 41.8 Å². The van der Waals surface area contributed by atoms with E-state index in [9.17, 15) is 18.0 Å². The zero-order valence-corrected chi connectivity index (χ0v) is 14.9. The number of aryl methyl sites for hydroxylation is 1. The molecule has 0 aliphatic heterocycles. The summed E-state index contributed by atoms with van der Waals surface area (Å²) >= 11 is 0. The monoisotopic (exact) mass is 341 g/mol. The third-order valence-corrected chi connectivity index (χ3v) is 5.08. The number of aliphatic carboxylic acids is 1. The Bertz CT molecular complexity index is 724. The van der Waals surface area contributed by atoms with Crippen molar-refractivity contribution >= 4 is 21.7 Å². The summed E-state index contributed by atoms with van der Waals surface area (Å²) in [5.41, 5.74) is 1.56. The van der Waals surface area contributed by atoms with Crippen LogP contribution in [0.2, 0.25) is 0 Å². The molecule has 1 unspecified atom stereocenters. The molecule has 0 aliphatic carbocycles. The van der Waals surface area contributed by atoms with E-state index in [4.69, 9.17) is 5.11 Å². The lowest BCUT2D eigenvalue weighted by Crippen LogP contribution is -2.42. The SMILES string of the molecule is CCC(C)N(CC(=O)O)C(=O)c1cc(S(C)(=O)=O)cc(C)c1C. The van der Waals surface area contributed by atoms with Crippen LogP contribution in [0.3, 0.4) is 0 Å². The zero-order valence-electron chi connectivity index (χ0n) is 14.1. The minimum Gasteiger partial charge on any atom is -0.480 e. The van der Waals surface area contributed by atoms with Crippen LogP contribution in [0.25, 0.3) is 0 Å². The summed E-state index contributed by atoms with van der Waals surface area (Å²) in [5, 5.41) is 9.04. The van der Waals surface area contributed by atoms with Crippen LogP contribution < -0.4 is 0 Å². The van der Waals surface area contributed by atoms with Crippen LogP contribution in [0.5, 0.6) is 0 Å². The van der Waals surface area contributed by atoms with Crippen LogP contribution in [-0.4, -0.2) is 49.1 Å². The van der Waals surface area contributed by atoms with E-state index >= 15 is 0 Å². The molecule has 23 heavy (non-hydrogen) atoms. The molecule has 1 aromatic carbocycles. The number of carboxylic acids is 1. The lowest BCUT2D eigenvalue weighted by atomic mass is 10.0. The van der Waals surface area contributed by atoms with Crippen molar-refractivity contribution in [1.82, 2.24) is 4.90 Å². The van der Waals surface area contributed by atoms with Crippen molar-refractivity contribution < 1.29 is 23.1 Å². The first-order chi connectivity index (χ1) is 10.5. The fourth-order valence-electron chi connectivity index (χ4n) is 2.21. The minimum atomic E-state index is -3.46. The van der Waals surface area contributed by atoms with Crippen LogP contribution in [-0.2, 0) is 14.6 Å². The Morgan fingerprint density at radius 3 is 2.26 bits per heavy atom. The molecule has 1 atom stereocenters. The van der Waals surface area contributed by atoms with Gasteiger partial charge in [0.05, 0.1) is 4.90 Å². The first kappa shape index (κ1) is 19.2. The molecule has 1 rings (SSSR count). The summed E-state index contributed by atoms with van der Waals surface area (Å²) < 4.78 is 23.6. The second kappa shape index (κ2) is 7.12. The van der Waals surface area contributed by atoms with Gasteiger partial charge >= 0.3 is 5.97 Å². The van der Waals surface area contributed by atoms with Crippen molar-refractivity contribution in [2.75, 3.05) is 12.8 Å². The van der Waals surface area contributed by atoms with E-state index in [0.717, 1.165) is 6.26 Å². The third kappa shape index (κ3) is 4.54. The Labute approximate surface area is 137 Å². The predicted molar refractivity (Wildman–Crippen MR) is 87.5 cm³/mol. The van der Waals surface area contributed by atoms with Gasteiger partial charge in [0, 0.05) is 17.9 Å². The van der Waals surface area contributed by atoms with Crippen LogP contribution in [0.4, 0.5) is 0 Å². The summed E-state index contributed by atoms with van der Waals surface area (Å²) in [4.78, 5) is 25.2. The molecule has 0 heterocycles. The van der Waals surface area contributed by atoms with Crippen LogP contribution >= 0.6 is 0 Å². The van der Waals surface area contributed by atoms with E-state index in [0.29, 0.717) is 17.5 Å². The molecule has 0 radical (unpaired) electrons. The number of carbonyl (C=O) groups is 2. The molecule has 0 aromatic heterocycles. The van der Waals surface area contributed by atoms with Gasteiger partial charge in [0.15, 0.2) is 9.84 Å². The molecule has 7 heteroatoms. The average molecular weight is 341 g/mol. The molecule has 1 N–H and O–H groups in total. The van der Waals surface area contributed by atoms with Gasteiger partial charge in [-0.15, -0.1) is 0 Å². The normalized spacial score (nSPS) is 12.7. The number of amides is 1.